The molecule has 108 valence electrons. The number of thioether (sulfide) groups is 1. The summed E-state index contributed by atoms with van der Waals surface area (Å²) in [6, 6.07) is 0.533. The molecule has 0 saturated heterocycles. The van der Waals surface area contributed by atoms with Crippen molar-refractivity contribution in [3.63, 3.8) is 0 Å². The van der Waals surface area contributed by atoms with Gasteiger partial charge in [0.25, 0.3) is 0 Å². The Balaban J connectivity index is 2.86. The summed E-state index contributed by atoms with van der Waals surface area (Å²) in [5.41, 5.74) is 3.40. The Labute approximate surface area is 122 Å². The lowest BCUT2D eigenvalue weighted by molar-refractivity contribution is 0.489. The fourth-order valence-corrected chi connectivity index (χ4v) is 3.46. The first-order valence-electron chi connectivity index (χ1n) is 7.19. The summed E-state index contributed by atoms with van der Waals surface area (Å²) in [5.74, 6) is 0. The standard InChI is InChI=1S/C15H27N3S/c1-7-9-13(16-6)14(8-2)19-15-17-11(4)10(3)12(5)18-15/h13-14,16H,7-9H2,1-6H3. The van der Waals surface area contributed by atoms with E-state index in [4.69, 9.17) is 0 Å². The molecule has 2 unspecified atom stereocenters. The zero-order valence-electron chi connectivity index (χ0n) is 13.1. The predicted octanol–water partition coefficient (Wildman–Crippen LogP) is 3.66. The normalized spacial score (nSPS) is 14.4. The minimum absolute atomic E-state index is 0.533. The fourth-order valence-electron chi connectivity index (χ4n) is 2.21. The lowest BCUT2D eigenvalue weighted by Gasteiger charge is -2.24. The molecule has 3 nitrogen and oxygen atoms in total. The molecule has 0 aromatic carbocycles. The van der Waals surface area contributed by atoms with Crippen molar-refractivity contribution >= 4 is 11.8 Å². The molecule has 1 rings (SSSR count). The third kappa shape index (κ3) is 4.46. The number of aryl methyl sites for hydroxylation is 2. The van der Waals surface area contributed by atoms with Gasteiger partial charge in [0.15, 0.2) is 5.16 Å². The number of rotatable bonds is 7. The molecule has 1 aromatic rings. The highest BCUT2D eigenvalue weighted by molar-refractivity contribution is 7.99. The highest BCUT2D eigenvalue weighted by Crippen LogP contribution is 2.27. The first-order chi connectivity index (χ1) is 9.03. The molecule has 1 heterocycles. The van der Waals surface area contributed by atoms with Gasteiger partial charge >= 0.3 is 0 Å². The molecule has 0 saturated carbocycles. The van der Waals surface area contributed by atoms with Crippen LogP contribution in [0.3, 0.4) is 0 Å². The van der Waals surface area contributed by atoms with Crippen molar-refractivity contribution in [3.8, 4) is 0 Å². The van der Waals surface area contributed by atoms with E-state index in [1.807, 2.05) is 11.8 Å². The minimum Gasteiger partial charge on any atom is -0.316 e. The number of aromatic nitrogens is 2. The molecule has 0 bridgehead atoms. The topological polar surface area (TPSA) is 37.8 Å². The van der Waals surface area contributed by atoms with Crippen LogP contribution >= 0.6 is 11.8 Å². The molecule has 4 heteroatoms. The SMILES string of the molecule is CCCC(NC)C(CC)Sc1nc(C)c(C)c(C)n1. The van der Waals surface area contributed by atoms with Crippen LogP contribution in [0.4, 0.5) is 0 Å². The van der Waals surface area contributed by atoms with E-state index >= 15 is 0 Å². The molecular formula is C15H27N3S. The highest BCUT2D eigenvalue weighted by atomic mass is 32.2. The monoisotopic (exact) mass is 281 g/mol. The number of nitrogens with zero attached hydrogens (tertiary/aromatic N) is 2. The smallest absolute Gasteiger partial charge is 0.188 e. The van der Waals surface area contributed by atoms with Crippen LogP contribution in [0.1, 0.15) is 50.1 Å². The Morgan fingerprint density at radius 2 is 1.68 bits per heavy atom. The van der Waals surface area contributed by atoms with Gasteiger partial charge < -0.3 is 5.32 Å². The maximum atomic E-state index is 4.62. The molecule has 1 aromatic heterocycles. The molecule has 0 aliphatic carbocycles. The highest BCUT2D eigenvalue weighted by Gasteiger charge is 2.20. The van der Waals surface area contributed by atoms with Crippen molar-refractivity contribution in [2.75, 3.05) is 7.05 Å². The van der Waals surface area contributed by atoms with Crippen LogP contribution in [0.25, 0.3) is 0 Å². The van der Waals surface area contributed by atoms with E-state index in [0.29, 0.717) is 11.3 Å². The van der Waals surface area contributed by atoms with Gasteiger partial charge in [0, 0.05) is 22.7 Å². The van der Waals surface area contributed by atoms with Crippen LogP contribution in [0.15, 0.2) is 5.16 Å². The van der Waals surface area contributed by atoms with Gasteiger partial charge in [0.05, 0.1) is 0 Å². The molecule has 0 aliphatic heterocycles. The van der Waals surface area contributed by atoms with E-state index in [2.05, 4.69) is 57.0 Å². The Kier molecular flexibility index (Phi) is 6.80. The molecule has 19 heavy (non-hydrogen) atoms. The summed E-state index contributed by atoms with van der Waals surface area (Å²) >= 11 is 1.81. The lowest BCUT2D eigenvalue weighted by atomic mass is 10.1. The molecule has 0 spiro atoms. The zero-order chi connectivity index (χ0) is 14.4. The van der Waals surface area contributed by atoms with Gasteiger partial charge in [-0.25, -0.2) is 9.97 Å². The summed E-state index contributed by atoms with van der Waals surface area (Å²) < 4.78 is 0. The average Bonchev–Trinajstić information content (AvgIpc) is 2.39. The quantitative estimate of drug-likeness (QED) is 0.611. The maximum Gasteiger partial charge on any atom is 0.188 e. The third-order valence-electron chi connectivity index (χ3n) is 3.69. The van der Waals surface area contributed by atoms with Crippen molar-refractivity contribution < 1.29 is 0 Å². The number of nitrogens with one attached hydrogen (secondary N) is 1. The largest absolute Gasteiger partial charge is 0.316 e. The Morgan fingerprint density at radius 3 is 2.11 bits per heavy atom. The maximum absolute atomic E-state index is 4.62. The van der Waals surface area contributed by atoms with Gasteiger partial charge in [0.2, 0.25) is 0 Å². The van der Waals surface area contributed by atoms with E-state index in [1.54, 1.807) is 0 Å². The Bertz CT molecular complexity index is 383. The van der Waals surface area contributed by atoms with E-state index in [9.17, 15) is 0 Å². The Morgan fingerprint density at radius 1 is 1.11 bits per heavy atom. The van der Waals surface area contributed by atoms with Crippen molar-refractivity contribution in [3.05, 3.63) is 17.0 Å². The summed E-state index contributed by atoms with van der Waals surface area (Å²) in [6.45, 7) is 10.7. The van der Waals surface area contributed by atoms with Gasteiger partial charge in [0.1, 0.15) is 0 Å². The van der Waals surface area contributed by atoms with Gasteiger partial charge in [-0.2, -0.15) is 0 Å². The van der Waals surface area contributed by atoms with E-state index < -0.39 is 0 Å². The third-order valence-corrected chi connectivity index (χ3v) is 5.05. The van der Waals surface area contributed by atoms with Gasteiger partial charge in [-0.3, -0.25) is 0 Å². The molecular weight excluding hydrogens is 254 g/mol. The van der Waals surface area contributed by atoms with Crippen molar-refractivity contribution in [2.24, 2.45) is 0 Å². The van der Waals surface area contributed by atoms with E-state index in [-0.39, 0.29) is 0 Å². The first kappa shape index (κ1) is 16.4. The molecule has 0 radical (unpaired) electrons. The fraction of sp³-hybridized carbons (Fsp3) is 0.733. The van der Waals surface area contributed by atoms with E-state index in [0.717, 1.165) is 23.0 Å². The van der Waals surface area contributed by atoms with Crippen molar-refractivity contribution in [2.45, 2.75) is 70.3 Å². The summed E-state index contributed by atoms with van der Waals surface area (Å²) in [4.78, 5) is 9.24. The van der Waals surface area contributed by atoms with Gasteiger partial charge in [-0.1, -0.05) is 32.0 Å². The molecule has 2 atom stereocenters. The summed E-state index contributed by atoms with van der Waals surface area (Å²) in [7, 11) is 2.05. The lowest BCUT2D eigenvalue weighted by Crippen LogP contribution is -2.35. The Hall–Kier alpha value is -0.610. The van der Waals surface area contributed by atoms with Crippen LogP contribution in [0.2, 0.25) is 0 Å². The molecule has 0 aliphatic rings. The van der Waals surface area contributed by atoms with Crippen LogP contribution in [0, 0.1) is 20.8 Å². The number of hydrogen-bond donors (Lipinski definition) is 1. The molecule has 0 fully saturated rings. The second-order valence-electron chi connectivity index (χ2n) is 5.05. The number of hydrogen-bond acceptors (Lipinski definition) is 4. The van der Waals surface area contributed by atoms with Crippen molar-refractivity contribution in [1.29, 1.82) is 0 Å². The van der Waals surface area contributed by atoms with Gasteiger partial charge in [-0.05, 0) is 46.2 Å². The van der Waals surface area contributed by atoms with Crippen LogP contribution in [-0.2, 0) is 0 Å². The second-order valence-corrected chi connectivity index (χ2v) is 6.26. The molecule has 1 N–H and O–H groups in total. The van der Waals surface area contributed by atoms with Crippen LogP contribution < -0.4 is 5.32 Å². The average molecular weight is 281 g/mol. The first-order valence-corrected chi connectivity index (χ1v) is 8.07. The predicted molar refractivity (Wildman–Crippen MR) is 83.9 cm³/mol. The zero-order valence-corrected chi connectivity index (χ0v) is 13.9. The van der Waals surface area contributed by atoms with Crippen LogP contribution in [-0.4, -0.2) is 28.3 Å². The van der Waals surface area contributed by atoms with Crippen molar-refractivity contribution in [1.82, 2.24) is 15.3 Å². The van der Waals surface area contributed by atoms with E-state index in [1.165, 1.54) is 18.4 Å². The van der Waals surface area contributed by atoms with Gasteiger partial charge in [-0.15, -0.1) is 0 Å². The minimum atomic E-state index is 0.533. The van der Waals surface area contributed by atoms with Crippen LogP contribution in [0.5, 0.6) is 0 Å². The summed E-state index contributed by atoms with van der Waals surface area (Å²) in [5, 5.41) is 4.89. The summed E-state index contributed by atoms with van der Waals surface area (Å²) in [6.07, 6.45) is 3.53. The second kappa shape index (κ2) is 7.85. The molecule has 0 amide bonds.